The molecule has 1 aromatic heterocycles. The van der Waals surface area contributed by atoms with Crippen molar-refractivity contribution in [2.75, 3.05) is 10.6 Å². The number of non-ortho nitro benzene ring substituents is 1. The summed E-state index contributed by atoms with van der Waals surface area (Å²) in [6.45, 7) is 3.71. The van der Waals surface area contributed by atoms with Crippen molar-refractivity contribution in [2.45, 2.75) is 19.9 Å². The molecule has 0 unspecified atom stereocenters. The first kappa shape index (κ1) is 18.8. The molecule has 144 valence electrons. The molecule has 0 saturated carbocycles. The Kier molecular flexibility index (Phi) is 5.21. The van der Waals surface area contributed by atoms with Crippen LogP contribution in [0.3, 0.4) is 0 Å². The highest BCUT2D eigenvalue weighted by Gasteiger charge is 2.17. The first-order valence-corrected chi connectivity index (χ1v) is 8.45. The Hall–Kier alpha value is -3.95. The fourth-order valence-electron chi connectivity index (χ4n) is 2.55. The van der Waals surface area contributed by atoms with Crippen molar-refractivity contribution < 1.29 is 14.5 Å². The van der Waals surface area contributed by atoms with E-state index in [9.17, 15) is 19.7 Å². The van der Waals surface area contributed by atoms with E-state index < -0.39 is 10.8 Å². The van der Waals surface area contributed by atoms with Gasteiger partial charge in [-0.2, -0.15) is 5.10 Å². The van der Waals surface area contributed by atoms with E-state index in [1.54, 1.807) is 24.3 Å². The number of hydrogen-bond donors (Lipinski definition) is 4. The van der Waals surface area contributed by atoms with Crippen molar-refractivity contribution >= 4 is 39.9 Å². The van der Waals surface area contributed by atoms with Crippen LogP contribution in [0, 0.1) is 10.1 Å². The van der Waals surface area contributed by atoms with Crippen LogP contribution >= 0.6 is 0 Å². The lowest BCUT2D eigenvalue weighted by molar-refractivity contribution is -0.384. The molecule has 0 spiro atoms. The van der Waals surface area contributed by atoms with Gasteiger partial charge in [0.25, 0.3) is 11.6 Å². The van der Waals surface area contributed by atoms with Crippen molar-refractivity contribution in [3.05, 3.63) is 58.3 Å². The molecule has 1 heterocycles. The summed E-state index contributed by atoms with van der Waals surface area (Å²) in [6.07, 6.45) is 0. The predicted octanol–water partition coefficient (Wildman–Crippen LogP) is 3.25. The van der Waals surface area contributed by atoms with Crippen molar-refractivity contribution in [2.24, 2.45) is 0 Å². The highest BCUT2D eigenvalue weighted by Crippen LogP contribution is 2.23. The highest BCUT2D eigenvalue weighted by atomic mass is 16.6. The van der Waals surface area contributed by atoms with Crippen LogP contribution in [0.25, 0.3) is 10.9 Å². The number of aromatic amines is 1. The molecule has 0 fully saturated rings. The first-order valence-electron chi connectivity index (χ1n) is 8.45. The first-order chi connectivity index (χ1) is 13.3. The number of carbonyl (C=O) groups is 2. The number of nitro benzene ring substituents is 1. The molecule has 4 N–H and O–H groups in total. The minimum Gasteiger partial charge on any atom is -0.336 e. The number of aromatic nitrogens is 2. The molecule has 3 amide bonds. The molecule has 0 saturated heterocycles. The number of nitro groups is 1. The van der Waals surface area contributed by atoms with Gasteiger partial charge in [-0.15, -0.1) is 0 Å². The van der Waals surface area contributed by atoms with Gasteiger partial charge in [0.05, 0.1) is 10.4 Å². The Morgan fingerprint density at radius 2 is 1.71 bits per heavy atom. The van der Waals surface area contributed by atoms with E-state index in [1.807, 2.05) is 13.8 Å². The lowest BCUT2D eigenvalue weighted by Gasteiger charge is -2.10. The Morgan fingerprint density at radius 1 is 1.07 bits per heavy atom. The molecule has 0 aliphatic heterocycles. The second-order valence-electron chi connectivity index (χ2n) is 6.34. The van der Waals surface area contributed by atoms with E-state index in [4.69, 9.17) is 0 Å². The maximum Gasteiger partial charge on any atom is 0.319 e. The van der Waals surface area contributed by atoms with Crippen molar-refractivity contribution in [3.63, 3.8) is 0 Å². The SMILES string of the molecule is CC(C)NC(=O)Nc1ccc(NC(=O)c2n[nH]c3ccc([N+](=O)[O-])cc23)cc1. The van der Waals surface area contributed by atoms with Crippen LogP contribution in [-0.4, -0.2) is 33.1 Å². The molecule has 0 aliphatic carbocycles. The Balaban J connectivity index is 1.73. The van der Waals surface area contributed by atoms with Gasteiger partial charge in [-0.3, -0.25) is 20.0 Å². The van der Waals surface area contributed by atoms with Gasteiger partial charge in [0.2, 0.25) is 0 Å². The zero-order chi connectivity index (χ0) is 20.3. The molecule has 3 aromatic rings. The van der Waals surface area contributed by atoms with Crippen LogP contribution in [0.15, 0.2) is 42.5 Å². The number of fused-ring (bicyclic) bond motifs is 1. The average molecular weight is 382 g/mol. The van der Waals surface area contributed by atoms with E-state index in [2.05, 4.69) is 26.1 Å². The summed E-state index contributed by atoms with van der Waals surface area (Å²) >= 11 is 0. The topological polar surface area (TPSA) is 142 Å². The van der Waals surface area contributed by atoms with Crippen LogP contribution < -0.4 is 16.0 Å². The maximum absolute atomic E-state index is 12.5. The minimum absolute atomic E-state index is 0.0121. The third kappa shape index (κ3) is 4.23. The number of nitrogens with one attached hydrogen (secondary N) is 4. The molecular weight excluding hydrogens is 364 g/mol. The van der Waals surface area contributed by atoms with Gasteiger partial charge in [-0.1, -0.05) is 0 Å². The summed E-state index contributed by atoms with van der Waals surface area (Å²) in [7, 11) is 0. The lowest BCUT2D eigenvalue weighted by Crippen LogP contribution is -2.34. The van der Waals surface area contributed by atoms with Crippen molar-refractivity contribution in [3.8, 4) is 0 Å². The summed E-state index contributed by atoms with van der Waals surface area (Å²) in [4.78, 5) is 34.6. The molecule has 10 nitrogen and oxygen atoms in total. The summed E-state index contributed by atoms with van der Waals surface area (Å²) in [6, 6.07) is 10.4. The largest absolute Gasteiger partial charge is 0.336 e. The molecule has 10 heteroatoms. The number of hydrogen-bond acceptors (Lipinski definition) is 5. The average Bonchev–Trinajstić information content (AvgIpc) is 3.05. The third-order valence-corrected chi connectivity index (χ3v) is 3.79. The van der Waals surface area contributed by atoms with Gasteiger partial charge in [-0.25, -0.2) is 4.79 Å². The maximum atomic E-state index is 12.5. The van der Waals surface area contributed by atoms with Gasteiger partial charge >= 0.3 is 6.03 Å². The monoisotopic (exact) mass is 382 g/mol. The van der Waals surface area contributed by atoms with Crippen LogP contribution in [-0.2, 0) is 0 Å². The Morgan fingerprint density at radius 3 is 2.32 bits per heavy atom. The van der Waals surface area contributed by atoms with Crippen LogP contribution in [0.5, 0.6) is 0 Å². The number of urea groups is 1. The number of benzene rings is 2. The number of nitrogens with zero attached hydrogens (tertiary/aromatic N) is 2. The van der Waals surface area contributed by atoms with E-state index >= 15 is 0 Å². The van der Waals surface area contributed by atoms with E-state index in [1.165, 1.54) is 18.2 Å². The molecule has 3 rings (SSSR count). The molecular formula is C18H18N6O4. The zero-order valence-corrected chi connectivity index (χ0v) is 15.1. The molecule has 2 aromatic carbocycles. The van der Waals surface area contributed by atoms with Gasteiger partial charge in [-0.05, 0) is 44.2 Å². The van der Waals surface area contributed by atoms with Gasteiger partial charge < -0.3 is 16.0 Å². The number of anilines is 2. The quantitative estimate of drug-likeness (QED) is 0.396. The molecule has 0 aliphatic rings. The van der Waals surface area contributed by atoms with Gasteiger partial charge in [0, 0.05) is 34.9 Å². The molecule has 28 heavy (non-hydrogen) atoms. The Bertz CT molecular complexity index is 1040. The van der Waals surface area contributed by atoms with E-state index in [0.29, 0.717) is 22.3 Å². The second kappa shape index (κ2) is 7.74. The fraction of sp³-hybridized carbons (Fsp3) is 0.167. The summed E-state index contributed by atoms with van der Waals surface area (Å²) in [5.41, 5.74) is 1.50. The van der Waals surface area contributed by atoms with Crippen LogP contribution in [0.4, 0.5) is 21.9 Å². The number of amides is 3. The number of H-pyrrole nitrogens is 1. The fourth-order valence-corrected chi connectivity index (χ4v) is 2.55. The van der Waals surface area contributed by atoms with Crippen LogP contribution in [0.1, 0.15) is 24.3 Å². The third-order valence-electron chi connectivity index (χ3n) is 3.79. The van der Waals surface area contributed by atoms with E-state index in [-0.39, 0.29) is 23.5 Å². The van der Waals surface area contributed by atoms with Crippen LogP contribution in [0.2, 0.25) is 0 Å². The molecule has 0 radical (unpaired) electrons. The summed E-state index contributed by atoms with van der Waals surface area (Å²) in [5.74, 6) is -0.509. The van der Waals surface area contributed by atoms with Crippen molar-refractivity contribution in [1.82, 2.24) is 15.5 Å². The molecule has 0 bridgehead atoms. The second-order valence-corrected chi connectivity index (χ2v) is 6.34. The van der Waals surface area contributed by atoms with Gasteiger partial charge in [0.15, 0.2) is 5.69 Å². The number of carbonyl (C=O) groups excluding carboxylic acids is 2. The van der Waals surface area contributed by atoms with Crippen molar-refractivity contribution in [1.29, 1.82) is 0 Å². The Labute approximate surface area is 159 Å². The van der Waals surface area contributed by atoms with E-state index in [0.717, 1.165) is 0 Å². The highest BCUT2D eigenvalue weighted by molar-refractivity contribution is 6.11. The zero-order valence-electron chi connectivity index (χ0n) is 15.1. The molecule has 0 atom stereocenters. The van der Waals surface area contributed by atoms with Gasteiger partial charge in [0.1, 0.15) is 0 Å². The number of rotatable bonds is 5. The smallest absolute Gasteiger partial charge is 0.319 e. The predicted molar refractivity (Wildman–Crippen MR) is 104 cm³/mol. The standard InChI is InChI=1S/C18H18N6O4/c1-10(2)19-18(26)21-12-5-3-11(4-6-12)20-17(25)16-14-9-13(24(27)28)7-8-15(14)22-23-16/h3-10H,1-2H3,(H,20,25)(H,22,23)(H2,19,21,26). The minimum atomic E-state index is -0.532. The lowest BCUT2D eigenvalue weighted by atomic mass is 10.2. The summed E-state index contributed by atoms with van der Waals surface area (Å²) < 4.78 is 0. The normalized spacial score (nSPS) is 10.7. The summed E-state index contributed by atoms with van der Waals surface area (Å²) in [5, 5.41) is 26.0.